The van der Waals surface area contributed by atoms with Crippen molar-refractivity contribution in [3.8, 4) is 0 Å². The first-order valence-electron chi connectivity index (χ1n) is 5.77. The topological polar surface area (TPSA) is 55.8 Å². The van der Waals surface area contributed by atoms with Gasteiger partial charge in [-0.3, -0.25) is 4.79 Å². The van der Waals surface area contributed by atoms with Crippen LogP contribution >= 0.6 is 0 Å². The second-order valence-corrected chi connectivity index (χ2v) is 4.90. The summed E-state index contributed by atoms with van der Waals surface area (Å²) in [6.45, 7) is 9.56. The second-order valence-electron chi connectivity index (χ2n) is 4.90. The first-order valence-corrected chi connectivity index (χ1v) is 5.77. The summed E-state index contributed by atoms with van der Waals surface area (Å²) >= 11 is 0. The first-order chi connectivity index (χ1) is 7.71. The monoisotopic (exact) mass is 245 g/mol. The van der Waals surface area contributed by atoms with Crippen LogP contribution in [0.2, 0.25) is 0 Å². The van der Waals surface area contributed by atoms with Crippen LogP contribution < -0.4 is 0 Å². The summed E-state index contributed by atoms with van der Waals surface area (Å²) < 4.78 is 9.84. The zero-order valence-electron chi connectivity index (χ0n) is 11.6. The number of carbonyl (C=O) groups excluding carboxylic acids is 2. The van der Waals surface area contributed by atoms with Gasteiger partial charge >= 0.3 is 12.1 Å². The van der Waals surface area contributed by atoms with Gasteiger partial charge in [-0.2, -0.15) is 0 Å². The minimum atomic E-state index is -0.532. The standard InChI is InChI=1S/C12H23NO4/c1-7-13(9(2)8-10(14)16-6)11(15)17-12(3,4)5/h9H,7-8H2,1-6H3. The average Bonchev–Trinajstić information content (AvgIpc) is 2.15. The van der Waals surface area contributed by atoms with Gasteiger partial charge in [0.25, 0.3) is 0 Å². The molecule has 100 valence electrons. The van der Waals surface area contributed by atoms with Crippen LogP contribution in [-0.4, -0.2) is 42.3 Å². The number of hydrogen-bond donors (Lipinski definition) is 0. The van der Waals surface area contributed by atoms with Crippen LogP contribution in [-0.2, 0) is 14.3 Å². The van der Waals surface area contributed by atoms with Gasteiger partial charge in [0.2, 0.25) is 0 Å². The molecule has 5 heteroatoms. The zero-order valence-corrected chi connectivity index (χ0v) is 11.6. The first kappa shape index (κ1) is 15.7. The number of hydrogen-bond acceptors (Lipinski definition) is 4. The van der Waals surface area contributed by atoms with Crippen LogP contribution in [0.3, 0.4) is 0 Å². The Labute approximate surface area is 103 Å². The summed E-state index contributed by atoms with van der Waals surface area (Å²) in [5.74, 6) is -0.334. The number of carbonyl (C=O) groups is 2. The van der Waals surface area contributed by atoms with Crippen LogP contribution in [0.25, 0.3) is 0 Å². The normalized spacial score (nSPS) is 12.8. The van der Waals surface area contributed by atoms with E-state index in [1.54, 1.807) is 6.92 Å². The van der Waals surface area contributed by atoms with Gasteiger partial charge in [0.15, 0.2) is 0 Å². The third-order valence-corrected chi connectivity index (χ3v) is 2.19. The Morgan fingerprint density at radius 1 is 1.29 bits per heavy atom. The third-order valence-electron chi connectivity index (χ3n) is 2.19. The maximum absolute atomic E-state index is 11.9. The maximum Gasteiger partial charge on any atom is 0.410 e. The van der Waals surface area contributed by atoms with Crippen molar-refractivity contribution in [2.45, 2.75) is 52.7 Å². The highest BCUT2D eigenvalue weighted by Gasteiger charge is 2.26. The van der Waals surface area contributed by atoms with Crippen LogP contribution in [0.1, 0.15) is 41.0 Å². The molecule has 1 atom stereocenters. The molecular formula is C12H23NO4. The van der Waals surface area contributed by atoms with Crippen molar-refractivity contribution in [3.63, 3.8) is 0 Å². The largest absolute Gasteiger partial charge is 0.469 e. The number of ether oxygens (including phenoxy) is 2. The summed E-state index contributed by atoms with van der Waals surface area (Å²) in [7, 11) is 1.33. The molecule has 0 bridgehead atoms. The third kappa shape index (κ3) is 6.14. The van der Waals surface area contributed by atoms with Gasteiger partial charge in [-0.25, -0.2) is 4.79 Å². The Hall–Kier alpha value is -1.26. The van der Waals surface area contributed by atoms with Crippen LogP contribution in [0.5, 0.6) is 0 Å². The summed E-state index contributed by atoms with van der Waals surface area (Å²) in [6, 6.07) is -0.234. The Morgan fingerprint density at radius 2 is 1.82 bits per heavy atom. The average molecular weight is 245 g/mol. The van der Waals surface area contributed by atoms with E-state index in [9.17, 15) is 9.59 Å². The highest BCUT2D eigenvalue weighted by Crippen LogP contribution is 2.13. The van der Waals surface area contributed by atoms with Crippen molar-refractivity contribution in [2.75, 3.05) is 13.7 Å². The molecule has 0 saturated heterocycles. The van der Waals surface area contributed by atoms with E-state index in [1.807, 2.05) is 27.7 Å². The minimum absolute atomic E-state index is 0.170. The molecule has 17 heavy (non-hydrogen) atoms. The fourth-order valence-electron chi connectivity index (χ4n) is 1.38. The van der Waals surface area contributed by atoms with E-state index in [-0.39, 0.29) is 18.4 Å². The Morgan fingerprint density at radius 3 is 2.18 bits per heavy atom. The molecule has 0 aromatic rings. The van der Waals surface area contributed by atoms with Crippen molar-refractivity contribution < 1.29 is 19.1 Å². The van der Waals surface area contributed by atoms with Gasteiger partial charge in [-0.1, -0.05) is 0 Å². The lowest BCUT2D eigenvalue weighted by molar-refractivity contribution is -0.141. The molecule has 5 nitrogen and oxygen atoms in total. The van der Waals surface area contributed by atoms with Crippen molar-refractivity contribution in [2.24, 2.45) is 0 Å². The number of rotatable bonds is 4. The van der Waals surface area contributed by atoms with Crippen LogP contribution in [0.4, 0.5) is 4.79 Å². The Kier molecular flexibility index (Phi) is 5.99. The summed E-state index contributed by atoms with van der Waals surface area (Å²) in [5, 5.41) is 0. The molecule has 0 aliphatic heterocycles. The molecule has 0 aliphatic rings. The van der Waals surface area contributed by atoms with Crippen molar-refractivity contribution in [1.82, 2.24) is 4.90 Å². The van der Waals surface area contributed by atoms with E-state index in [1.165, 1.54) is 12.0 Å². The fraction of sp³-hybridized carbons (Fsp3) is 0.833. The maximum atomic E-state index is 11.9. The van der Waals surface area contributed by atoms with Gasteiger partial charge < -0.3 is 14.4 Å². The van der Waals surface area contributed by atoms with Gasteiger partial charge in [0.1, 0.15) is 5.60 Å². The van der Waals surface area contributed by atoms with Crippen molar-refractivity contribution in [1.29, 1.82) is 0 Å². The van der Waals surface area contributed by atoms with E-state index >= 15 is 0 Å². The fourth-order valence-corrected chi connectivity index (χ4v) is 1.38. The molecule has 1 amide bonds. The van der Waals surface area contributed by atoms with Gasteiger partial charge in [-0.15, -0.1) is 0 Å². The van der Waals surface area contributed by atoms with Crippen LogP contribution in [0.15, 0.2) is 0 Å². The molecule has 0 aromatic carbocycles. The van der Waals surface area contributed by atoms with E-state index < -0.39 is 11.7 Å². The molecule has 0 saturated carbocycles. The van der Waals surface area contributed by atoms with Crippen molar-refractivity contribution in [3.05, 3.63) is 0 Å². The molecule has 0 heterocycles. The zero-order chi connectivity index (χ0) is 13.6. The highest BCUT2D eigenvalue weighted by molar-refractivity contribution is 5.72. The second kappa shape index (κ2) is 6.47. The summed E-state index contributed by atoms with van der Waals surface area (Å²) in [5.41, 5.74) is -0.532. The lowest BCUT2D eigenvalue weighted by atomic mass is 10.2. The van der Waals surface area contributed by atoms with Gasteiger partial charge in [0.05, 0.1) is 13.5 Å². The lowest BCUT2D eigenvalue weighted by Crippen LogP contribution is -2.42. The van der Waals surface area contributed by atoms with E-state index in [0.717, 1.165) is 0 Å². The Bertz CT molecular complexity index is 270. The smallest absolute Gasteiger partial charge is 0.410 e. The highest BCUT2D eigenvalue weighted by atomic mass is 16.6. The van der Waals surface area contributed by atoms with E-state index in [2.05, 4.69) is 4.74 Å². The molecule has 0 N–H and O–H groups in total. The quantitative estimate of drug-likeness (QED) is 0.712. The molecule has 0 fully saturated rings. The van der Waals surface area contributed by atoms with Crippen molar-refractivity contribution >= 4 is 12.1 Å². The molecular weight excluding hydrogens is 222 g/mol. The SMILES string of the molecule is CCN(C(=O)OC(C)(C)C)C(C)CC(=O)OC. The van der Waals surface area contributed by atoms with Gasteiger partial charge in [-0.05, 0) is 34.6 Å². The number of amides is 1. The summed E-state index contributed by atoms with van der Waals surface area (Å²) in [4.78, 5) is 24.5. The molecule has 0 aromatic heterocycles. The number of esters is 1. The summed E-state index contributed by atoms with van der Waals surface area (Å²) in [6.07, 6.45) is -0.236. The van der Waals surface area contributed by atoms with Gasteiger partial charge in [0, 0.05) is 12.6 Å². The Balaban J connectivity index is 4.50. The predicted molar refractivity (Wildman–Crippen MR) is 64.7 cm³/mol. The molecule has 0 aliphatic carbocycles. The van der Waals surface area contributed by atoms with Crippen LogP contribution in [0, 0.1) is 0 Å². The molecule has 0 spiro atoms. The number of methoxy groups -OCH3 is 1. The van der Waals surface area contributed by atoms with E-state index in [4.69, 9.17) is 4.74 Å². The number of nitrogens with zero attached hydrogens (tertiary/aromatic N) is 1. The predicted octanol–water partition coefficient (Wildman–Crippen LogP) is 2.20. The molecule has 0 radical (unpaired) electrons. The molecule has 0 rings (SSSR count). The lowest BCUT2D eigenvalue weighted by Gasteiger charge is -2.30. The molecule has 1 unspecified atom stereocenters. The minimum Gasteiger partial charge on any atom is -0.469 e. The van der Waals surface area contributed by atoms with E-state index in [0.29, 0.717) is 6.54 Å².